The highest BCUT2D eigenvalue weighted by Gasteiger charge is 2.47. The molecule has 1 aromatic rings. The Kier molecular flexibility index (Phi) is 9.85. The number of nitrogens with two attached hydrogens (primary N) is 1. The molecule has 210 valence electrons. The number of benzene rings is 1. The summed E-state index contributed by atoms with van der Waals surface area (Å²) >= 11 is 0. The van der Waals surface area contributed by atoms with Gasteiger partial charge < -0.3 is 30.1 Å². The van der Waals surface area contributed by atoms with Gasteiger partial charge in [-0.15, -0.1) is 0 Å². The minimum absolute atomic E-state index is 0.0215. The smallest absolute Gasteiger partial charge is 0.308 e. The Morgan fingerprint density at radius 1 is 1.16 bits per heavy atom. The predicted octanol–water partition coefficient (Wildman–Crippen LogP) is 2.26. The first kappa shape index (κ1) is 28.2. The van der Waals surface area contributed by atoms with Gasteiger partial charge in [-0.25, -0.2) is 0 Å². The number of likely N-dealkylation sites (tertiary alicyclic amines) is 2. The molecule has 0 unspecified atom stereocenters. The summed E-state index contributed by atoms with van der Waals surface area (Å²) in [5, 5.41) is 10.4. The third-order valence-corrected chi connectivity index (χ3v) is 8.08. The molecule has 10 heteroatoms. The molecule has 2 amide bonds. The molecule has 0 spiro atoms. The van der Waals surface area contributed by atoms with Crippen LogP contribution in [0.5, 0.6) is 11.5 Å². The van der Waals surface area contributed by atoms with Gasteiger partial charge in [-0.3, -0.25) is 19.3 Å². The van der Waals surface area contributed by atoms with Crippen LogP contribution in [-0.2, 0) is 14.4 Å². The summed E-state index contributed by atoms with van der Waals surface area (Å²) in [4.78, 5) is 44.3. The van der Waals surface area contributed by atoms with Gasteiger partial charge >= 0.3 is 5.97 Å². The first-order chi connectivity index (χ1) is 18.4. The number of carbonyl (C=O) groups excluding carboxylic acids is 2. The number of aliphatic carboxylic acids is 1. The summed E-state index contributed by atoms with van der Waals surface area (Å²) in [6.45, 7) is 6.02. The van der Waals surface area contributed by atoms with Crippen LogP contribution < -0.4 is 15.2 Å². The lowest BCUT2D eigenvalue weighted by atomic mass is 9.84. The lowest BCUT2D eigenvalue weighted by Crippen LogP contribution is -2.45. The molecule has 4 rings (SSSR count). The van der Waals surface area contributed by atoms with E-state index in [2.05, 4.69) is 6.92 Å². The molecule has 0 radical (unpaired) electrons. The van der Waals surface area contributed by atoms with Crippen LogP contribution >= 0.6 is 0 Å². The zero-order valence-corrected chi connectivity index (χ0v) is 22.5. The minimum atomic E-state index is -0.883. The molecule has 1 aromatic carbocycles. The fourth-order valence-electron chi connectivity index (χ4n) is 5.99. The van der Waals surface area contributed by atoms with Gasteiger partial charge in [0.1, 0.15) is 0 Å². The van der Waals surface area contributed by atoms with E-state index in [0.29, 0.717) is 63.6 Å². The van der Waals surface area contributed by atoms with Crippen LogP contribution in [-0.4, -0.2) is 96.2 Å². The van der Waals surface area contributed by atoms with Gasteiger partial charge in [-0.1, -0.05) is 19.4 Å². The summed E-state index contributed by atoms with van der Waals surface area (Å²) < 4.78 is 11.0. The number of ether oxygens (including phenoxy) is 2. The van der Waals surface area contributed by atoms with Crippen molar-refractivity contribution in [2.45, 2.75) is 63.8 Å². The van der Waals surface area contributed by atoms with Gasteiger partial charge in [0.15, 0.2) is 11.5 Å². The van der Waals surface area contributed by atoms with E-state index in [1.807, 2.05) is 32.9 Å². The minimum Gasteiger partial charge on any atom is -0.481 e. The van der Waals surface area contributed by atoms with E-state index in [4.69, 9.17) is 15.2 Å². The van der Waals surface area contributed by atoms with Crippen molar-refractivity contribution in [2.75, 3.05) is 52.6 Å². The zero-order valence-electron chi connectivity index (χ0n) is 22.5. The number of unbranched alkanes of at least 4 members (excludes halogenated alkanes) is 2. The first-order valence-corrected chi connectivity index (χ1v) is 14.0. The van der Waals surface area contributed by atoms with Crippen LogP contribution in [0.1, 0.15) is 63.4 Å². The summed E-state index contributed by atoms with van der Waals surface area (Å²) in [7, 11) is 0. The van der Waals surface area contributed by atoms with Crippen LogP contribution in [0, 0.1) is 5.92 Å². The number of hydrogen-bond donors (Lipinski definition) is 2. The van der Waals surface area contributed by atoms with Gasteiger partial charge in [0, 0.05) is 51.1 Å². The molecule has 0 bridgehead atoms. The van der Waals surface area contributed by atoms with E-state index in [0.717, 1.165) is 37.7 Å². The number of nitrogens with zero attached hydrogens (tertiary/aromatic N) is 3. The predicted molar refractivity (Wildman–Crippen MR) is 142 cm³/mol. The van der Waals surface area contributed by atoms with Crippen molar-refractivity contribution in [2.24, 2.45) is 11.7 Å². The average molecular weight is 531 g/mol. The van der Waals surface area contributed by atoms with Crippen LogP contribution in [0.3, 0.4) is 0 Å². The highest BCUT2D eigenvalue weighted by atomic mass is 16.7. The average Bonchev–Trinajstić information content (AvgIpc) is 3.62. The van der Waals surface area contributed by atoms with Crippen molar-refractivity contribution < 1.29 is 29.0 Å². The molecule has 3 heterocycles. The normalized spacial score (nSPS) is 22.8. The fourth-order valence-corrected chi connectivity index (χ4v) is 5.99. The third kappa shape index (κ3) is 6.58. The number of carbonyl (C=O) groups is 3. The number of rotatable bonds is 14. The molecule has 38 heavy (non-hydrogen) atoms. The van der Waals surface area contributed by atoms with E-state index < -0.39 is 11.9 Å². The lowest BCUT2D eigenvalue weighted by molar-refractivity contribution is -0.144. The SMILES string of the molecule is CCCCN(CCCCN)C(=O)CN1C[C@H](c2ccc3c(c2)OCO3)[C@@H](C(=O)O)[C@@H]1CCN1CCCC1=O. The molecule has 3 atom stereocenters. The molecule has 0 saturated carbocycles. The zero-order chi connectivity index (χ0) is 27.1. The Bertz CT molecular complexity index is 988. The number of amides is 2. The van der Waals surface area contributed by atoms with Gasteiger partial charge in [-0.2, -0.15) is 0 Å². The van der Waals surface area contributed by atoms with E-state index in [-0.39, 0.29) is 37.1 Å². The lowest BCUT2D eigenvalue weighted by Gasteiger charge is -2.30. The van der Waals surface area contributed by atoms with Gasteiger partial charge in [0.05, 0.1) is 12.5 Å². The second kappa shape index (κ2) is 13.3. The summed E-state index contributed by atoms with van der Waals surface area (Å²) in [5.74, 6) is -0.489. The molecule has 10 nitrogen and oxygen atoms in total. The summed E-state index contributed by atoms with van der Waals surface area (Å²) in [5.41, 5.74) is 6.54. The van der Waals surface area contributed by atoms with E-state index in [1.165, 1.54) is 0 Å². The molecule has 2 fully saturated rings. The number of carboxylic acids is 1. The quantitative estimate of drug-likeness (QED) is 0.351. The Morgan fingerprint density at radius 3 is 2.66 bits per heavy atom. The first-order valence-electron chi connectivity index (χ1n) is 14.0. The molecule has 3 aliphatic heterocycles. The highest BCUT2D eigenvalue weighted by Crippen LogP contribution is 2.42. The van der Waals surface area contributed by atoms with Crippen LogP contribution in [0.25, 0.3) is 0 Å². The van der Waals surface area contributed by atoms with Crippen molar-refractivity contribution in [3.05, 3.63) is 23.8 Å². The van der Waals surface area contributed by atoms with Crippen LogP contribution in [0.2, 0.25) is 0 Å². The monoisotopic (exact) mass is 530 g/mol. The van der Waals surface area contributed by atoms with E-state index in [1.54, 1.807) is 0 Å². The second-order valence-corrected chi connectivity index (χ2v) is 10.6. The number of hydrogen-bond acceptors (Lipinski definition) is 7. The van der Waals surface area contributed by atoms with Crippen LogP contribution in [0.4, 0.5) is 0 Å². The summed E-state index contributed by atoms with van der Waals surface area (Å²) in [6, 6.07) is 5.24. The van der Waals surface area contributed by atoms with Crippen molar-refractivity contribution >= 4 is 17.8 Å². The van der Waals surface area contributed by atoms with Crippen molar-refractivity contribution in [1.29, 1.82) is 0 Å². The number of carboxylic acid groups (broad SMARTS) is 1. The third-order valence-electron chi connectivity index (χ3n) is 8.08. The van der Waals surface area contributed by atoms with E-state index >= 15 is 0 Å². The largest absolute Gasteiger partial charge is 0.481 e. The highest BCUT2D eigenvalue weighted by molar-refractivity contribution is 5.79. The van der Waals surface area contributed by atoms with Gasteiger partial charge in [-0.05, 0) is 56.3 Å². The van der Waals surface area contributed by atoms with Gasteiger partial charge in [0.25, 0.3) is 0 Å². The molecular weight excluding hydrogens is 488 g/mol. The van der Waals surface area contributed by atoms with Crippen molar-refractivity contribution in [3.63, 3.8) is 0 Å². The maximum atomic E-state index is 13.5. The molecule has 0 aliphatic carbocycles. The Morgan fingerprint density at radius 2 is 1.95 bits per heavy atom. The maximum absolute atomic E-state index is 13.5. The Hall–Kier alpha value is -2.85. The summed E-state index contributed by atoms with van der Waals surface area (Å²) in [6.07, 6.45) is 5.52. The van der Waals surface area contributed by atoms with E-state index in [9.17, 15) is 19.5 Å². The second-order valence-electron chi connectivity index (χ2n) is 10.6. The maximum Gasteiger partial charge on any atom is 0.308 e. The van der Waals surface area contributed by atoms with Crippen molar-refractivity contribution in [1.82, 2.24) is 14.7 Å². The molecule has 3 N–H and O–H groups in total. The molecule has 2 saturated heterocycles. The molecular formula is C28H42N4O6. The Balaban J connectivity index is 1.56. The number of fused-ring (bicyclic) bond motifs is 1. The fraction of sp³-hybridized carbons (Fsp3) is 0.679. The van der Waals surface area contributed by atoms with Gasteiger partial charge in [0.2, 0.25) is 18.6 Å². The Labute approximate surface area is 225 Å². The molecule has 3 aliphatic rings. The topological polar surface area (TPSA) is 126 Å². The van der Waals surface area contributed by atoms with Crippen LogP contribution in [0.15, 0.2) is 18.2 Å². The standard InChI is InChI=1S/C28H42N4O6/c1-2-3-12-30(13-5-4-11-29)26(34)18-32-17-21(20-8-9-23-24(16-20)38-19-37-23)27(28(35)36)22(32)10-15-31-14-6-7-25(31)33/h8-9,16,21-22,27H,2-7,10-15,17-19,29H2,1H3,(H,35,36)/t21-,22+,27-/m1/s1. The molecule has 0 aromatic heterocycles. The van der Waals surface area contributed by atoms with Crippen molar-refractivity contribution in [3.8, 4) is 11.5 Å².